The summed E-state index contributed by atoms with van der Waals surface area (Å²) in [6, 6.07) is 5.21. The number of anilines is 1. The maximum absolute atomic E-state index is 13.1. The summed E-state index contributed by atoms with van der Waals surface area (Å²) in [5.41, 5.74) is 2.54. The molecule has 10 nitrogen and oxygen atoms in total. The summed E-state index contributed by atoms with van der Waals surface area (Å²) in [6.45, 7) is 5.56. The van der Waals surface area contributed by atoms with Crippen LogP contribution >= 0.6 is 11.3 Å². The number of benzene rings is 1. The van der Waals surface area contributed by atoms with Crippen LogP contribution in [0.1, 0.15) is 26.7 Å². The van der Waals surface area contributed by atoms with Crippen LogP contribution < -0.4 is 10.1 Å². The van der Waals surface area contributed by atoms with Gasteiger partial charge in [-0.05, 0) is 48.0 Å². The number of rotatable bonds is 5. The Morgan fingerprint density at radius 1 is 1.24 bits per heavy atom. The summed E-state index contributed by atoms with van der Waals surface area (Å²) in [7, 11) is 1.55. The standard InChI is InChI=1S/C18H17N7O3S/c1-9-10(2)29-18(25-8-19-23-24-25)15(9)16(26)20-12-5-6-14(27-4)13(7-12)17-22-21-11(3)28-17/h5-8H,1-4H3,(H,20,26). The summed E-state index contributed by atoms with van der Waals surface area (Å²) >= 11 is 1.45. The van der Waals surface area contributed by atoms with Crippen molar-refractivity contribution in [2.75, 3.05) is 12.4 Å². The van der Waals surface area contributed by atoms with Crippen LogP contribution in [0.5, 0.6) is 5.75 Å². The predicted octanol–water partition coefficient (Wildman–Crippen LogP) is 2.96. The maximum Gasteiger partial charge on any atom is 0.259 e. The maximum atomic E-state index is 13.1. The summed E-state index contributed by atoms with van der Waals surface area (Å²) in [6.07, 6.45) is 1.46. The monoisotopic (exact) mass is 411 g/mol. The molecule has 0 unspecified atom stereocenters. The van der Waals surface area contributed by atoms with E-state index in [0.29, 0.717) is 39.3 Å². The molecule has 148 valence electrons. The van der Waals surface area contributed by atoms with Gasteiger partial charge in [-0.1, -0.05) is 0 Å². The lowest BCUT2D eigenvalue weighted by atomic mass is 10.1. The van der Waals surface area contributed by atoms with E-state index in [-0.39, 0.29) is 5.91 Å². The summed E-state index contributed by atoms with van der Waals surface area (Å²) in [5.74, 6) is 1.04. The van der Waals surface area contributed by atoms with E-state index in [4.69, 9.17) is 9.15 Å². The van der Waals surface area contributed by atoms with Crippen LogP contribution in [0.3, 0.4) is 0 Å². The fraction of sp³-hybridized carbons (Fsp3) is 0.222. The highest BCUT2D eigenvalue weighted by Gasteiger charge is 2.22. The topological polar surface area (TPSA) is 121 Å². The number of hydrogen-bond acceptors (Lipinski definition) is 9. The first-order valence-corrected chi connectivity index (χ1v) is 9.42. The Morgan fingerprint density at radius 2 is 2.07 bits per heavy atom. The van der Waals surface area contributed by atoms with E-state index in [0.717, 1.165) is 10.4 Å². The van der Waals surface area contributed by atoms with Gasteiger partial charge in [0.2, 0.25) is 5.89 Å². The van der Waals surface area contributed by atoms with Crippen molar-refractivity contribution >= 4 is 22.9 Å². The first kappa shape index (κ1) is 18.7. The smallest absolute Gasteiger partial charge is 0.259 e. The largest absolute Gasteiger partial charge is 0.496 e. The molecule has 4 rings (SSSR count). The first-order chi connectivity index (χ1) is 14.0. The minimum absolute atomic E-state index is 0.268. The lowest BCUT2D eigenvalue weighted by molar-refractivity contribution is 0.102. The number of amides is 1. The molecule has 29 heavy (non-hydrogen) atoms. The Labute approximate surface area is 169 Å². The molecule has 0 aliphatic heterocycles. The molecule has 3 heterocycles. The van der Waals surface area contributed by atoms with E-state index in [2.05, 4.69) is 31.0 Å². The molecule has 4 aromatic rings. The van der Waals surface area contributed by atoms with Gasteiger partial charge >= 0.3 is 0 Å². The van der Waals surface area contributed by atoms with Crippen LogP contribution in [0, 0.1) is 20.8 Å². The van der Waals surface area contributed by atoms with E-state index in [1.54, 1.807) is 32.2 Å². The number of tetrazole rings is 1. The third kappa shape index (κ3) is 3.47. The van der Waals surface area contributed by atoms with Crippen LogP contribution in [0.2, 0.25) is 0 Å². The number of thiophene rings is 1. The number of aryl methyl sites for hydroxylation is 2. The number of nitrogens with one attached hydrogen (secondary N) is 1. The van der Waals surface area contributed by atoms with Gasteiger partial charge < -0.3 is 14.5 Å². The minimum atomic E-state index is -0.268. The predicted molar refractivity (Wildman–Crippen MR) is 105 cm³/mol. The highest BCUT2D eigenvalue weighted by Crippen LogP contribution is 2.34. The third-order valence-corrected chi connectivity index (χ3v) is 5.56. The zero-order valence-electron chi connectivity index (χ0n) is 16.1. The molecule has 3 aromatic heterocycles. The van der Waals surface area contributed by atoms with Crippen LogP contribution in [0.15, 0.2) is 28.9 Å². The van der Waals surface area contributed by atoms with E-state index in [1.165, 1.54) is 22.3 Å². The van der Waals surface area contributed by atoms with Gasteiger partial charge in [0, 0.05) is 17.5 Å². The van der Waals surface area contributed by atoms with Crippen LogP contribution in [0.25, 0.3) is 16.5 Å². The lowest BCUT2D eigenvalue weighted by Gasteiger charge is -2.10. The van der Waals surface area contributed by atoms with Crippen molar-refractivity contribution in [2.24, 2.45) is 0 Å². The SMILES string of the molecule is COc1ccc(NC(=O)c2c(-n3cnnn3)sc(C)c2C)cc1-c1nnc(C)o1. The van der Waals surface area contributed by atoms with Crippen molar-refractivity contribution in [3.63, 3.8) is 0 Å². The van der Waals surface area contributed by atoms with Crippen molar-refractivity contribution in [2.45, 2.75) is 20.8 Å². The second-order valence-electron chi connectivity index (χ2n) is 6.21. The van der Waals surface area contributed by atoms with Crippen molar-refractivity contribution < 1.29 is 13.9 Å². The second-order valence-corrected chi connectivity index (χ2v) is 7.42. The fourth-order valence-electron chi connectivity index (χ4n) is 2.84. The Hall–Kier alpha value is -3.60. The average molecular weight is 411 g/mol. The quantitative estimate of drug-likeness (QED) is 0.532. The number of carbonyl (C=O) groups is 1. The van der Waals surface area contributed by atoms with Crippen LogP contribution in [-0.2, 0) is 0 Å². The van der Waals surface area contributed by atoms with Gasteiger partial charge in [-0.2, -0.15) is 4.68 Å². The van der Waals surface area contributed by atoms with Gasteiger partial charge in [0.05, 0.1) is 18.2 Å². The normalized spacial score (nSPS) is 10.9. The van der Waals surface area contributed by atoms with Crippen LogP contribution in [-0.4, -0.2) is 43.4 Å². The molecule has 0 aliphatic rings. The average Bonchev–Trinajstić information content (AvgIpc) is 3.43. The molecule has 1 N–H and O–H groups in total. The highest BCUT2D eigenvalue weighted by atomic mass is 32.1. The highest BCUT2D eigenvalue weighted by molar-refractivity contribution is 7.15. The van der Waals surface area contributed by atoms with Crippen molar-refractivity contribution in [1.82, 2.24) is 30.4 Å². The molecule has 0 radical (unpaired) electrons. The molecular formula is C18H17N7O3S. The number of aromatic nitrogens is 6. The van der Waals surface area contributed by atoms with Crippen LogP contribution in [0.4, 0.5) is 5.69 Å². The molecule has 0 saturated carbocycles. The van der Waals surface area contributed by atoms with Gasteiger partial charge in [0.25, 0.3) is 11.8 Å². The lowest BCUT2D eigenvalue weighted by Crippen LogP contribution is -2.15. The summed E-state index contributed by atoms with van der Waals surface area (Å²) in [5, 5.41) is 22.7. The molecule has 0 fully saturated rings. The van der Waals surface area contributed by atoms with Crippen molar-refractivity contribution in [1.29, 1.82) is 0 Å². The summed E-state index contributed by atoms with van der Waals surface area (Å²) in [4.78, 5) is 14.1. The molecular weight excluding hydrogens is 394 g/mol. The van der Waals surface area contributed by atoms with Crippen molar-refractivity contribution in [3.8, 4) is 22.2 Å². The van der Waals surface area contributed by atoms with Gasteiger partial charge in [0.15, 0.2) is 0 Å². The van der Waals surface area contributed by atoms with E-state index >= 15 is 0 Å². The third-order valence-electron chi connectivity index (χ3n) is 4.36. The Balaban J connectivity index is 1.70. The number of nitrogens with zero attached hydrogens (tertiary/aromatic N) is 6. The molecule has 0 bridgehead atoms. The molecule has 0 aliphatic carbocycles. The van der Waals surface area contributed by atoms with E-state index in [1.807, 2.05) is 13.8 Å². The second kappa shape index (κ2) is 7.43. The molecule has 1 amide bonds. The zero-order valence-corrected chi connectivity index (χ0v) is 16.9. The fourth-order valence-corrected chi connectivity index (χ4v) is 3.91. The van der Waals surface area contributed by atoms with E-state index in [9.17, 15) is 4.79 Å². The molecule has 11 heteroatoms. The molecule has 0 atom stereocenters. The summed E-state index contributed by atoms with van der Waals surface area (Å²) < 4.78 is 12.4. The van der Waals surface area contributed by atoms with Crippen molar-refractivity contribution in [3.05, 3.63) is 46.4 Å². The van der Waals surface area contributed by atoms with Gasteiger partial charge in [0.1, 0.15) is 17.1 Å². The Kier molecular flexibility index (Phi) is 4.80. The number of carbonyl (C=O) groups excluding carboxylic acids is 1. The molecule has 0 spiro atoms. The van der Waals surface area contributed by atoms with E-state index < -0.39 is 0 Å². The number of hydrogen-bond donors (Lipinski definition) is 1. The van der Waals surface area contributed by atoms with Gasteiger partial charge in [-0.15, -0.1) is 26.6 Å². The Bertz CT molecular complexity index is 1180. The number of methoxy groups -OCH3 is 1. The molecule has 0 saturated heterocycles. The van der Waals surface area contributed by atoms with Gasteiger partial charge in [-0.25, -0.2) is 0 Å². The Morgan fingerprint density at radius 3 is 2.72 bits per heavy atom. The first-order valence-electron chi connectivity index (χ1n) is 8.61. The zero-order chi connectivity index (χ0) is 20.5. The minimum Gasteiger partial charge on any atom is -0.496 e. The molecule has 1 aromatic carbocycles. The van der Waals surface area contributed by atoms with Gasteiger partial charge in [-0.3, -0.25) is 4.79 Å². The number of ether oxygens (including phenoxy) is 1.